The Morgan fingerprint density at radius 2 is 1.73 bits per heavy atom. The molecule has 0 aliphatic rings. The molecule has 0 atom stereocenters. The van der Waals surface area contributed by atoms with Gasteiger partial charge in [0.2, 0.25) is 0 Å². The summed E-state index contributed by atoms with van der Waals surface area (Å²) in [4.78, 5) is 0. The first-order valence-corrected chi connectivity index (χ1v) is 4.00. The fourth-order valence-corrected chi connectivity index (χ4v) is 1.25. The summed E-state index contributed by atoms with van der Waals surface area (Å²) in [6.07, 6.45) is 0. The van der Waals surface area contributed by atoms with Crippen LogP contribution in [0.4, 0.5) is 8.78 Å². The quantitative estimate of drug-likeness (QED) is 0.725. The highest BCUT2D eigenvalue weighted by Crippen LogP contribution is 2.21. The predicted molar refractivity (Wildman–Crippen MR) is 40.7 cm³/mol. The lowest BCUT2D eigenvalue weighted by molar-refractivity contribution is 0.458. The van der Waals surface area contributed by atoms with Gasteiger partial charge >= 0.3 is 0 Å². The van der Waals surface area contributed by atoms with Gasteiger partial charge in [0.05, 0.1) is 0 Å². The molecule has 0 amide bonds. The molecule has 1 aromatic rings. The zero-order chi connectivity index (χ0) is 8.43. The first-order chi connectivity index (χ1) is 5.15. The Morgan fingerprint density at radius 3 is 2.09 bits per heavy atom. The van der Waals surface area contributed by atoms with Crippen LogP contribution in [0.1, 0.15) is 5.56 Å². The smallest absolute Gasteiger partial charge is 0.133 e. The van der Waals surface area contributed by atoms with Crippen molar-refractivity contribution in [1.82, 2.24) is 0 Å². The third kappa shape index (κ3) is 1.68. The van der Waals surface area contributed by atoms with Crippen molar-refractivity contribution >= 4 is 15.9 Å². The highest BCUT2D eigenvalue weighted by Gasteiger charge is 2.08. The van der Waals surface area contributed by atoms with Crippen molar-refractivity contribution in [3.63, 3.8) is 0 Å². The molecule has 0 fully saturated rings. The highest BCUT2D eigenvalue weighted by atomic mass is 79.9. The fraction of sp³-hybridized carbons (Fsp3) is 0.143. The molecule has 11 heavy (non-hydrogen) atoms. The molecule has 0 heterocycles. The van der Waals surface area contributed by atoms with Crippen LogP contribution >= 0.6 is 15.9 Å². The van der Waals surface area contributed by atoms with Crippen molar-refractivity contribution in [1.29, 1.82) is 0 Å². The lowest BCUT2D eigenvalue weighted by Crippen LogP contribution is -1.90. The van der Waals surface area contributed by atoms with Crippen molar-refractivity contribution in [3.05, 3.63) is 29.3 Å². The highest BCUT2D eigenvalue weighted by molar-refractivity contribution is 9.08. The van der Waals surface area contributed by atoms with E-state index in [1.807, 2.05) is 0 Å². The van der Waals surface area contributed by atoms with E-state index in [9.17, 15) is 8.78 Å². The van der Waals surface area contributed by atoms with Crippen molar-refractivity contribution in [2.24, 2.45) is 0 Å². The van der Waals surface area contributed by atoms with Crippen LogP contribution in [0.2, 0.25) is 0 Å². The maximum atomic E-state index is 12.7. The zero-order valence-electron chi connectivity index (χ0n) is 5.44. The molecule has 0 spiro atoms. The van der Waals surface area contributed by atoms with E-state index in [0.717, 1.165) is 12.1 Å². The van der Waals surface area contributed by atoms with Gasteiger partial charge in [-0.3, -0.25) is 0 Å². The van der Waals surface area contributed by atoms with E-state index in [1.165, 1.54) is 0 Å². The molecule has 0 radical (unpaired) electrons. The number of aromatic hydroxyl groups is 1. The van der Waals surface area contributed by atoms with Gasteiger partial charge in [-0.05, 0) is 0 Å². The molecule has 0 bridgehead atoms. The zero-order valence-corrected chi connectivity index (χ0v) is 7.03. The van der Waals surface area contributed by atoms with Crippen LogP contribution in [0.25, 0.3) is 0 Å². The molecule has 0 aliphatic heterocycles. The summed E-state index contributed by atoms with van der Waals surface area (Å²) in [5.41, 5.74) is -0.0669. The molecule has 0 unspecified atom stereocenters. The van der Waals surface area contributed by atoms with E-state index in [4.69, 9.17) is 5.11 Å². The van der Waals surface area contributed by atoms with Gasteiger partial charge in [0.25, 0.3) is 0 Å². The van der Waals surface area contributed by atoms with E-state index >= 15 is 0 Å². The molecule has 0 saturated carbocycles. The number of phenols is 1. The monoisotopic (exact) mass is 222 g/mol. The maximum Gasteiger partial charge on any atom is 0.133 e. The summed E-state index contributed by atoms with van der Waals surface area (Å²) in [6.45, 7) is 0. The van der Waals surface area contributed by atoms with Crippen LogP contribution in [0.15, 0.2) is 12.1 Å². The van der Waals surface area contributed by atoms with Crippen LogP contribution in [0, 0.1) is 11.6 Å². The molecule has 1 N–H and O–H groups in total. The SMILES string of the molecule is Oc1cc(F)c(CBr)c(F)c1. The minimum absolute atomic E-state index is 0.0669. The molecule has 0 saturated heterocycles. The summed E-state index contributed by atoms with van der Waals surface area (Å²) in [6, 6.07) is 1.75. The Bertz CT molecular complexity index is 252. The van der Waals surface area contributed by atoms with E-state index < -0.39 is 17.4 Å². The number of rotatable bonds is 1. The number of benzene rings is 1. The van der Waals surface area contributed by atoms with Crippen LogP contribution in [0.3, 0.4) is 0 Å². The minimum Gasteiger partial charge on any atom is -0.508 e. The van der Waals surface area contributed by atoms with Crippen molar-refractivity contribution in [3.8, 4) is 5.75 Å². The van der Waals surface area contributed by atoms with E-state index in [2.05, 4.69) is 15.9 Å². The van der Waals surface area contributed by atoms with Gasteiger partial charge < -0.3 is 5.11 Å². The number of alkyl halides is 1. The lowest BCUT2D eigenvalue weighted by Gasteiger charge is -2.00. The summed E-state index contributed by atoms with van der Waals surface area (Å²) in [5, 5.41) is 8.82. The fourth-order valence-electron chi connectivity index (χ4n) is 0.717. The molecule has 4 heteroatoms. The second kappa shape index (κ2) is 3.17. The Kier molecular flexibility index (Phi) is 2.44. The molecule has 0 aliphatic carbocycles. The topological polar surface area (TPSA) is 20.2 Å². The van der Waals surface area contributed by atoms with Crippen LogP contribution in [0.5, 0.6) is 5.75 Å². The van der Waals surface area contributed by atoms with Gasteiger partial charge in [-0.25, -0.2) is 8.78 Å². The van der Waals surface area contributed by atoms with Gasteiger partial charge in [0, 0.05) is 23.0 Å². The van der Waals surface area contributed by atoms with Gasteiger partial charge in [0.15, 0.2) is 0 Å². The standard InChI is InChI=1S/C7H5BrF2O/c8-3-5-6(9)1-4(11)2-7(5)10/h1-2,11H,3H2. The van der Waals surface area contributed by atoms with Crippen LogP contribution < -0.4 is 0 Å². The van der Waals surface area contributed by atoms with Crippen molar-refractivity contribution in [2.45, 2.75) is 5.33 Å². The van der Waals surface area contributed by atoms with Gasteiger partial charge in [0.1, 0.15) is 17.4 Å². The van der Waals surface area contributed by atoms with E-state index in [-0.39, 0.29) is 10.9 Å². The number of phenolic OH excluding ortho intramolecular Hbond substituents is 1. The Morgan fingerprint density at radius 1 is 1.27 bits per heavy atom. The van der Waals surface area contributed by atoms with Gasteiger partial charge in [-0.1, -0.05) is 15.9 Å². The van der Waals surface area contributed by atoms with Gasteiger partial charge in [-0.15, -0.1) is 0 Å². The molecule has 1 rings (SSSR count). The van der Waals surface area contributed by atoms with Crippen LogP contribution in [-0.2, 0) is 5.33 Å². The Hall–Kier alpha value is -0.640. The lowest BCUT2D eigenvalue weighted by atomic mass is 10.2. The summed E-state index contributed by atoms with van der Waals surface area (Å²) < 4.78 is 25.4. The number of hydrogen-bond donors (Lipinski definition) is 1. The summed E-state index contributed by atoms with van der Waals surface area (Å²) in [5.74, 6) is -1.87. The largest absolute Gasteiger partial charge is 0.508 e. The average Bonchev–Trinajstić information content (AvgIpc) is 1.85. The molecule has 0 aromatic heterocycles. The normalized spacial score (nSPS) is 10.1. The van der Waals surface area contributed by atoms with Gasteiger partial charge in [-0.2, -0.15) is 0 Å². The predicted octanol–water partition coefficient (Wildman–Crippen LogP) is 2.57. The minimum atomic E-state index is -0.737. The molecular weight excluding hydrogens is 218 g/mol. The third-order valence-corrected chi connectivity index (χ3v) is 1.82. The Balaban J connectivity index is 3.25. The molecule has 60 valence electrons. The molecule has 1 aromatic carbocycles. The van der Waals surface area contributed by atoms with E-state index in [1.54, 1.807) is 0 Å². The van der Waals surface area contributed by atoms with Crippen LogP contribution in [-0.4, -0.2) is 5.11 Å². The number of hydrogen-bond acceptors (Lipinski definition) is 1. The average molecular weight is 223 g/mol. The first kappa shape index (κ1) is 8.46. The molecular formula is C7H5BrF2O. The third-order valence-electron chi connectivity index (χ3n) is 1.26. The van der Waals surface area contributed by atoms with E-state index in [0.29, 0.717) is 0 Å². The first-order valence-electron chi connectivity index (χ1n) is 2.88. The Labute approximate surface area is 70.8 Å². The summed E-state index contributed by atoms with van der Waals surface area (Å²) in [7, 11) is 0. The maximum absolute atomic E-state index is 12.7. The second-order valence-corrected chi connectivity index (χ2v) is 2.58. The van der Waals surface area contributed by atoms with Crippen molar-refractivity contribution < 1.29 is 13.9 Å². The number of halogens is 3. The second-order valence-electron chi connectivity index (χ2n) is 2.02. The van der Waals surface area contributed by atoms with Crippen molar-refractivity contribution in [2.75, 3.05) is 0 Å². The molecule has 1 nitrogen and oxygen atoms in total. The summed E-state index contributed by atoms with van der Waals surface area (Å²) >= 11 is 2.92.